The molecule has 2 rings (SSSR count). The SMILES string of the molecule is CCCCCCCCCCCCCCc1cc(O)ccc1Oc1ccc(S(=O)(=O)O)cc1. The van der Waals surface area contributed by atoms with Crippen molar-refractivity contribution in [3.63, 3.8) is 0 Å². The van der Waals surface area contributed by atoms with Gasteiger partial charge < -0.3 is 9.84 Å². The number of hydrogen-bond acceptors (Lipinski definition) is 4. The van der Waals surface area contributed by atoms with Gasteiger partial charge in [-0.3, -0.25) is 4.55 Å². The number of hydrogen-bond donors (Lipinski definition) is 2. The Hall–Kier alpha value is -2.05. The summed E-state index contributed by atoms with van der Waals surface area (Å²) in [5.41, 5.74) is 0.927. The molecular weight excluding hydrogens is 424 g/mol. The van der Waals surface area contributed by atoms with E-state index in [1.54, 1.807) is 18.2 Å². The molecule has 0 aliphatic heterocycles. The van der Waals surface area contributed by atoms with Gasteiger partial charge in [0.1, 0.15) is 17.2 Å². The van der Waals surface area contributed by atoms with Crippen LogP contribution in [0.3, 0.4) is 0 Å². The van der Waals surface area contributed by atoms with E-state index in [9.17, 15) is 13.5 Å². The van der Waals surface area contributed by atoms with Crippen molar-refractivity contribution in [1.29, 1.82) is 0 Å². The number of ether oxygens (including phenoxy) is 1. The van der Waals surface area contributed by atoms with Crippen molar-refractivity contribution in [2.75, 3.05) is 0 Å². The number of benzene rings is 2. The molecule has 5 nitrogen and oxygen atoms in total. The van der Waals surface area contributed by atoms with E-state index >= 15 is 0 Å². The second-order valence-electron chi connectivity index (χ2n) is 8.48. The third-order valence-electron chi connectivity index (χ3n) is 5.69. The summed E-state index contributed by atoms with van der Waals surface area (Å²) in [5.74, 6) is 1.32. The Bertz CT molecular complexity index is 891. The lowest BCUT2D eigenvalue weighted by atomic mass is 10.0. The number of unbranched alkanes of at least 4 members (excludes halogenated alkanes) is 11. The Morgan fingerprint density at radius 3 is 1.81 bits per heavy atom. The summed E-state index contributed by atoms with van der Waals surface area (Å²) in [6.45, 7) is 2.25. The van der Waals surface area contributed by atoms with Gasteiger partial charge in [-0.2, -0.15) is 8.42 Å². The van der Waals surface area contributed by atoms with E-state index in [0.717, 1.165) is 24.8 Å². The first-order chi connectivity index (χ1) is 15.4. The van der Waals surface area contributed by atoms with Crippen LogP contribution < -0.4 is 4.74 Å². The number of phenolic OH excluding ortho intramolecular Hbond substituents is 1. The van der Waals surface area contributed by atoms with E-state index in [2.05, 4.69) is 6.92 Å². The molecule has 0 bridgehead atoms. The van der Waals surface area contributed by atoms with Crippen molar-refractivity contribution in [3.05, 3.63) is 48.0 Å². The molecule has 0 spiro atoms. The van der Waals surface area contributed by atoms with Gasteiger partial charge in [-0.05, 0) is 60.9 Å². The average Bonchev–Trinajstić information content (AvgIpc) is 2.76. The molecule has 0 aliphatic carbocycles. The minimum absolute atomic E-state index is 0.174. The number of aromatic hydroxyl groups is 1. The van der Waals surface area contributed by atoms with Crippen LogP contribution in [0, 0.1) is 0 Å². The van der Waals surface area contributed by atoms with Crippen LogP contribution in [-0.2, 0) is 16.5 Å². The Morgan fingerprint density at radius 1 is 0.750 bits per heavy atom. The van der Waals surface area contributed by atoms with Gasteiger partial charge in [0.15, 0.2) is 0 Å². The van der Waals surface area contributed by atoms with Gasteiger partial charge >= 0.3 is 0 Å². The zero-order valence-corrected chi connectivity index (χ0v) is 20.1. The Labute approximate surface area is 193 Å². The molecule has 0 fully saturated rings. The van der Waals surface area contributed by atoms with E-state index in [4.69, 9.17) is 9.29 Å². The fourth-order valence-corrected chi connectivity index (χ4v) is 4.30. The quantitative estimate of drug-likeness (QED) is 0.197. The van der Waals surface area contributed by atoms with E-state index in [-0.39, 0.29) is 10.6 Å². The lowest BCUT2D eigenvalue weighted by Gasteiger charge is -2.12. The Morgan fingerprint density at radius 2 is 1.28 bits per heavy atom. The van der Waals surface area contributed by atoms with Gasteiger partial charge in [0.25, 0.3) is 10.1 Å². The number of rotatable bonds is 16. The molecule has 0 saturated carbocycles. The molecule has 0 amide bonds. The van der Waals surface area contributed by atoms with Crippen molar-refractivity contribution in [2.24, 2.45) is 0 Å². The summed E-state index contributed by atoms with van der Waals surface area (Å²) < 4.78 is 37.3. The first-order valence-corrected chi connectivity index (χ1v) is 13.4. The fourth-order valence-electron chi connectivity index (χ4n) is 3.82. The molecule has 178 valence electrons. The van der Waals surface area contributed by atoms with Crippen molar-refractivity contribution >= 4 is 10.1 Å². The first kappa shape index (κ1) is 26.2. The normalized spacial score (nSPS) is 11.6. The van der Waals surface area contributed by atoms with Crippen LogP contribution in [0.1, 0.15) is 89.5 Å². The van der Waals surface area contributed by atoms with Crippen LogP contribution in [0.25, 0.3) is 0 Å². The molecule has 0 saturated heterocycles. The van der Waals surface area contributed by atoms with Crippen LogP contribution in [-0.4, -0.2) is 18.1 Å². The summed E-state index contributed by atoms with van der Waals surface area (Å²) in [6.07, 6.45) is 16.3. The summed E-state index contributed by atoms with van der Waals surface area (Å²) in [6, 6.07) is 10.6. The van der Waals surface area contributed by atoms with Crippen molar-refractivity contribution in [1.82, 2.24) is 0 Å². The van der Waals surface area contributed by atoms with Crippen molar-refractivity contribution in [3.8, 4) is 17.2 Å². The van der Waals surface area contributed by atoms with Gasteiger partial charge in [0, 0.05) is 0 Å². The van der Waals surface area contributed by atoms with Crippen LogP contribution in [0.5, 0.6) is 17.2 Å². The maximum atomic E-state index is 11.2. The lowest BCUT2D eigenvalue weighted by molar-refractivity contribution is 0.457. The maximum Gasteiger partial charge on any atom is 0.294 e. The molecule has 0 aliphatic rings. The molecular formula is C26H38O5S. The predicted molar refractivity (Wildman–Crippen MR) is 129 cm³/mol. The molecule has 0 aromatic heterocycles. The third kappa shape index (κ3) is 10.0. The molecule has 0 atom stereocenters. The fraction of sp³-hybridized carbons (Fsp3) is 0.538. The molecule has 2 aromatic carbocycles. The Balaban J connectivity index is 1.72. The topological polar surface area (TPSA) is 83.8 Å². The zero-order valence-electron chi connectivity index (χ0n) is 19.3. The van der Waals surface area contributed by atoms with E-state index in [1.807, 2.05) is 0 Å². The Kier molecular flexibility index (Phi) is 11.6. The minimum atomic E-state index is -4.23. The lowest BCUT2D eigenvalue weighted by Crippen LogP contribution is -1.98. The summed E-state index contributed by atoms with van der Waals surface area (Å²) in [7, 11) is -4.23. The smallest absolute Gasteiger partial charge is 0.294 e. The van der Waals surface area contributed by atoms with E-state index < -0.39 is 10.1 Å². The largest absolute Gasteiger partial charge is 0.508 e. The van der Waals surface area contributed by atoms with Gasteiger partial charge in [-0.25, -0.2) is 0 Å². The highest BCUT2D eigenvalue weighted by Gasteiger charge is 2.11. The number of aryl methyl sites for hydroxylation is 1. The third-order valence-corrected chi connectivity index (χ3v) is 6.56. The molecule has 2 N–H and O–H groups in total. The van der Waals surface area contributed by atoms with Crippen LogP contribution in [0.2, 0.25) is 0 Å². The molecule has 32 heavy (non-hydrogen) atoms. The predicted octanol–water partition coefficient (Wildman–Crippen LogP) is 7.67. The zero-order chi connectivity index (χ0) is 23.2. The van der Waals surface area contributed by atoms with Gasteiger partial charge in [-0.1, -0.05) is 77.6 Å². The van der Waals surface area contributed by atoms with Gasteiger partial charge in [0.05, 0.1) is 4.90 Å². The standard InChI is InChI=1S/C26H38O5S/c1-2-3-4-5-6-7-8-9-10-11-12-13-14-22-21-23(27)15-20-26(22)31-24-16-18-25(19-17-24)32(28,29)30/h15-21,27H,2-14H2,1H3,(H,28,29,30). The van der Waals surface area contributed by atoms with Crippen molar-refractivity contribution < 1.29 is 22.8 Å². The molecule has 0 heterocycles. The van der Waals surface area contributed by atoms with Crippen molar-refractivity contribution in [2.45, 2.75) is 95.3 Å². The molecule has 0 unspecified atom stereocenters. The van der Waals surface area contributed by atoms with Gasteiger partial charge in [0.2, 0.25) is 0 Å². The van der Waals surface area contributed by atoms with Crippen LogP contribution in [0.15, 0.2) is 47.4 Å². The second kappa shape index (κ2) is 14.2. The molecule has 2 aromatic rings. The molecule has 6 heteroatoms. The maximum absolute atomic E-state index is 11.2. The van der Waals surface area contributed by atoms with Crippen LogP contribution >= 0.6 is 0 Å². The van der Waals surface area contributed by atoms with Gasteiger partial charge in [-0.15, -0.1) is 0 Å². The van der Waals surface area contributed by atoms with E-state index in [1.165, 1.54) is 88.5 Å². The average molecular weight is 463 g/mol. The number of phenols is 1. The van der Waals surface area contributed by atoms with Crippen LogP contribution in [0.4, 0.5) is 0 Å². The van der Waals surface area contributed by atoms with E-state index in [0.29, 0.717) is 11.5 Å². The first-order valence-electron chi connectivity index (χ1n) is 12.0. The highest BCUT2D eigenvalue weighted by atomic mass is 32.2. The highest BCUT2D eigenvalue weighted by Crippen LogP contribution is 2.30. The summed E-state index contributed by atoms with van der Waals surface area (Å²) >= 11 is 0. The monoisotopic (exact) mass is 462 g/mol. The summed E-state index contributed by atoms with van der Waals surface area (Å²) in [5, 5.41) is 9.87. The second-order valence-corrected chi connectivity index (χ2v) is 9.90. The highest BCUT2D eigenvalue weighted by molar-refractivity contribution is 7.85. The minimum Gasteiger partial charge on any atom is -0.508 e. The summed E-state index contributed by atoms with van der Waals surface area (Å²) in [4.78, 5) is -0.174. The molecule has 0 radical (unpaired) electrons.